The molecule has 0 N–H and O–H groups in total. The summed E-state index contributed by atoms with van der Waals surface area (Å²) in [6, 6.07) is 80.3. The van der Waals surface area contributed by atoms with E-state index in [1.54, 1.807) is 0 Å². The van der Waals surface area contributed by atoms with Gasteiger partial charge in [-0.25, -0.2) is 0 Å². The second-order valence-electron chi connectivity index (χ2n) is 15.2. The van der Waals surface area contributed by atoms with Crippen molar-refractivity contribution in [1.29, 1.82) is 0 Å². The van der Waals surface area contributed by atoms with Crippen molar-refractivity contribution >= 4 is 66.3 Å². The molecule has 1 heterocycles. The monoisotopic (exact) mass is 756 g/mol. The molecule has 1 aromatic heterocycles. The van der Waals surface area contributed by atoms with E-state index in [4.69, 9.17) is 0 Å². The Balaban J connectivity index is 1.19. The predicted molar refractivity (Wildman–Crippen MR) is 245 cm³/mol. The Hall–Kier alpha value is -7.20. The molecule has 0 radical (unpaired) electrons. The Bertz CT molecular complexity index is 3150. The summed E-state index contributed by atoms with van der Waals surface area (Å²) in [6.45, 7) is 0. The highest BCUT2D eigenvalue weighted by Crippen LogP contribution is 2.69. The molecule has 2 aliphatic carbocycles. The van der Waals surface area contributed by atoms with Crippen LogP contribution in [0.2, 0.25) is 0 Å². The highest BCUT2D eigenvalue weighted by atomic mass is 32.1. The Labute approximate surface area is 342 Å². The predicted octanol–water partition coefficient (Wildman–Crippen LogP) is 15.3. The fraction of sp³-hybridized carbons (Fsp3) is 0.0182. The van der Waals surface area contributed by atoms with Crippen molar-refractivity contribution in [3.05, 3.63) is 241 Å². The van der Waals surface area contributed by atoms with E-state index in [-0.39, 0.29) is 0 Å². The van der Waals surface area contributed by atoms with Gasteiger partial charge in [0.15, 0.2) is 0 Å². The molecule has 58 heavy (non-hydrogen) atoms. The molecule has 272 valence electrons. The highest BCUT2D eigenvalue weighted by Gasteiger charge is 2.55. The van der Waals surface area contributed by atoms with E-state index in [0.29, 0.717) is 0 Å². The minimum absolute atomic E-state index is 0.549. The molecule has 1 atom stereocenters. The number of thiophene rings is 1. The quantitative estimate of drug-likeness (QED) is 0.167. The third-order valence-electron chi connectivity index (χ3n) is 12.2. The lowest BCUT2D eigenvalue weighted by Gasteiger charge is -2.33. The first-order valence-electron chi connectivity index (χ1n) is 19.9. The van der Waals surface area contributed by atoms with Crippen LogP contribution in [0.3, 0.4) is 0 Å². The van der Waals surface area contributed by atoms with Gasteiger partial charge in [-0.2, -0.15) is 0 Å². The fourth-order valence-electron chi connectivity index (χ4n) is 9.96. The van der Waals surface area contributed by atoms with Crippen LogP contribution in [0.5, 0.6) is 0 Å². The van der Waals surface area contributed by atoms with Gasteiger partial charge in [-0.05, 0) is 111 Å². The number of hydrogen-bond acceptors (Lipinski definition) is 3. The number of fused-ring (bicyclic) bond motifs is 13. The van der Waals surface area contributed by atoms with Gasteiger partial charge in [0.1, 0.15) is 0 Å². The maximum Gasteiger partial charge on any atom is 0.0741 e. The summed E-state index contributed by atoms with van der Waals surface area (Å²) in [5.74, 6) is 0. The van der Waals surface area contributed by atoms with Gasteiger partial charge in [0.2, 0.25) is 0 Å². The molecule has 1 spiro atoms. The lowest BCUT2D eigenvalue weighted by molar-refractivity contribution is 0.802. The normalized spacial score (nSPS) is 14.6. The number of nitrogens with zero attached hydrogens (tertiary/aromatic N) is 2. The Morgan fingerprint density at radius 1 is 0.362 bits per heavy atom. The molecular formula is C55H36N2S. The highest BCUT2D eigenvalue weighted by molar-refractivity contribution is 7.22. The molecule has 10 aromatic rings. The summed E-state index contributed by atoms with van der Waals surface area (Å²) in [5, 5.41) is 3.77. The molecule has 0 amide bonds. The standard InChI is InChI=1S/C55H36N2S/c1-4-20-39(21-5-1)56(40-22-6-2-7-23-40)49-32-17-30-47-52(49)54-53(44-27-13-15-33-50(44)58-54)55(47)45-28-14-12-26-43(45)51-46(55)29-16-31-48(51)57(41-24-8-3-9-25-41)42-35-34-37-18-10-11-19-38(37)36-42/h1-36H. The number of benzene rings is 9. The van der Waals surface area contributed by atoms with Crippen LogP contribution in [0.25, 0.3) is 42.4 Å². The van der Waals surface area contributed by atoms with Crippen LogP contribution < -0.4 is 9.80 Å². The number of para-hydroxylation sites is 3. The summed E-state index contributed by atoms with van der Waals surface area (Å²) < 4.78 is 1.31. The summed E-state index contributed by atoms with van der Waals surface area (Å²) in [4.78, 5) is 6.25. The van der Waals surface area contributed by atoms with Crippen LogP contribution in [-0.2, 0) is 5.41 Å². The average Bonchev–Trinajstić information content (AvgIpc) is 3.92. The topological polar surface area (TPSA) is 6.48 Å². The molecule has 1 unspecified atom stereocenters. The van der Waals surface area contributed by atoms with Crippen molar-refractivity contribution in [1.82, 2.24) is 0 Å². The lowest BCUT2D eigenvalue weighted by Crippen LogP contribution is -2.26. The summed E-state index contributed by atoms with van der Waals surface area (Å²) in [6.07, 6.45) is 0. The fourth-order valence-corrected chi connectivity index (χ4v) is 11.3. The van der Waals surface area contributed by atoms with Gasteiger partial charge >= 0.3 is 0 Å². The van der Waals surface area contributed by atoms with Gasteiger partial charge in [-0.1, -0.05) is 152 Å². The zero-order valence-electron chi connectivity index (χ0n) is 31.6. The molecule has 12 rings (SSSR count). The lowest BCUT2D eigenvalue weighted by atomic mass is 9.70. The zero-order chi connectivity index (χ0) is 38.2. The maximum atomic E-state index is 2.46. The van der Waals surface area contributed by atoms with E-state index in [2.05, 4.69) is 228 Å². The third-order valence-corrected chi connectivity index (χ3v) is 13.4. The SMILES string of the molecule is c1ccc(N(c2ccc3ccccc3c2)c2cccc3c2-c2ccccc2C32c3cccc(N(c4ccccc4)c4ccccc4)c3-c3sc4ccccc4c32)cc1. The smallest absolute Gasteiger partial charge is 0.0741 e. The summed E-state index contributed by atoms with van der Waals surface area (Å²) in [7, 11) is 0. The van der Waals surface area contributed by atoms with Gasteiger partial charge < -0.3 is 9.80 Å². The molecule has 0 saturated heterocycles. The molecule has 0 bridgehead atoms. The first-order valence-corrected chi connectivity index (χ1v) is 20.8. The maximum absolute atomic E-state index is 2.46. The van der Waals surface area contributed by atoms with E-state index >= 15 is 0 Å². The van der Waals surface area contributed by atoms with Crippen LogP contribution in [-0.4, -0.2) is 0 Å². The Morgan fingerprint density at radius 2 is 0.879 bits per heavy atom. The average molecular weight is 757 g/mol. The van der Waals surface area contributed by atoms with E-state index in [1.807, 2.05) is 11.3 Å². The van der Waals surface area contributed by atoms with Gasteiger partial charge in [0, 0.05) is 43.5 Å². The van der Waals surface area contributed by atoms with Crippen molar-refractivity contribution in [3.63, 3.8) is 0 Å². The molecule has 2 nitrogen and oxygen atoms in total. The first-order chi connectivity index (χ1) is 28.8. The van der Waals surface area contributed by atoms with Crippen molar-refractivity contribution < 1.29 is 0 Å². The molecular weight excluding hydrogens is 721 g/mol. The van der Waals surface area contributed by atoms with E-state index in [0.717, 1.165) is 22.7 Å². The van der Waals surface area contributed by atoms with Crippen LogP contribution in [0.15, 0.2) is 218 Å². The van der Waals surface area contributed by atoms with Crippen molar-refractivity contribution in [2.75, 3.05) is 9.80 Å². The van der Waals surface area contributed by atoms with Gasteiger partial charge in [-0.15, -0.1) is 11.3 Å². The molecule has 9 aromatic carbocycles. The van der Waals surface area contributed by atoms with Crippen molar-refractivity contribution in [2.45, 2.75) is 5.41 Å². The van der Waals surface area contributed by atoms with E-state index in [1.165, 1.54) is 76.1 Å². The van der Waals surface area contributed by atoms with Crippen LogP contribution in [0.1, 0.15) is 22.3 Å². The van der Waals surface area contributed by atoms with E-state index < -0.39 is 5.41 Å². The Morgan fingerprint density at radius 3 is 1.57 bits per heavy atom. The van der Waals surface area contributed by atoms with Gasteiger partial charge in [0.25, 0.3) is 0 Å². The molecule has 0 fully saturated rings. The summed E-state index contributed by atoms with van der Waals surface area (Å²) in [5.41, 5.74) is 15.5. The third kappa shape index (κ3) is 4.65. The number of hydrogen-bond donors (Lipinski definition) is 0. The molecule has 0 saturated carbocycles. The Kier molecular flexibility index (Phi) is 7.35. The molecule has 3 heteroatoms. The largest absolute Gasteiger partial charge is 0.310 e. The van der Waals surface area contributed by atoms with Crippen LogP contribution in [0, 0.1) is 0 Å². The minimum atomic E-state index is -0.549. The number of rotatable bonds is 6. The minimum Gasteiger partial charge on any atom is -0.310 e. The molecule has 0 aliphatic heterocycles. The van der Waals surface area contributed by atoms with Crippen molar-refractivity contribution in [3.8, 4) is 21.6 Å². The first kappa shape index (κ1) is 33.0. The number of anilines is 6. The summed E-state index contributed by atoms with van der Waals surface area (Å²) >= 11 is 1.93. The zero-order valence-corrected chi connectivity index (χ0v) is 32.4. The second-order valence-corrected chi connectivity index (χ2v) is 16.3. The van der Waals surface area contributed by atoms with Crippen LogP contribution >= 0.6 is 11.3 Å². The van der Waals surface area contributed by atoms with Crippen molar-refractivity contribution in [2.24, 2.45) is 0 Å². The van der Waals surface area contributed by atoms with Gasteiger partial charge in [-0.3, -0.25) is 0 Å². The van der Waals surface area contributed by atoms with Crippen LogP contribution in [0.4, 0.5) is 34.1 Å². The van der Waals surface area contributed by atoms with Gasteiger partial charge in [0.05, 0.1) is 16.8 Å². The second kappa shape index (κ2) is 12.9. The van der Waals surface area contributed by atoms with E-state index in [9.17, 15) is 0 Å². The molecule has 2 aliphatic rings.